The minimum Gasteiger partial charge on any atom is -0.396 e. The predicted molar refractivity (Wildman–Crippen MR) is 77.0 cm³/mol. The van der Waals surface area contributed by atoms with Crippen molar-refractivity contribution in [1.82, 2.24) is 0 Å². The monoisotopic (exact) mass is 330 g/mol. The van der Waals surface area contributed by atoms with E-state index < -0.39 is 0 Å². The summed E-state index contributed by atoms with van der Waals surface area (Å²) >= 11 is 10.9. The summed E-state index contributed by atoms with van der Waals surface area (Å²) in [4.78, 5) is 1.20. The molecule has 1 aromatic heterocycles. The second kappa shape index (κ2) is 6.01. The summed E-state index contributed by atoms with van der Waals surface area (Å²) in [7, 11) is 0. The topological polar surface area (TPSA) is 20.2 Å². The summed E-state index contributed by atoms with van der Waals surface area (Å²) in [6.07, 6.45) is 0.824. The fourth-order valence-corrected chi connectivity index (χ4v) is 3.34. The van der Waals surface area contributed by atoms with E-state index in [1.807, 2.05) is 30.3 Å². The van der Waals surface area contributed by atoms with Crippen molar-refractivity contribution in [2.24, 2.45) is 0 Å². The lowest BCUT2D eigenvalue weighted by Crippen LogP contribution is -2.06. The van der Waals surface area contributed by atoms with Gasteiger partial charge in [0.15, 0.2) is 0 Å². The van der Waals surface area contributed by atoms with Crippen LogP contribution < -0.4 is 0 Å². The Balaban J connectivity index is 2.16. The second-order valence-electron chi connectivity index (χ2n) is 3.84. The largest absolute Gasteiger partial charge is 0.396 e. The SMILES string of the molecule is OCC(Cc1ccc(Cl)s1)c1cccc(Br)c1. The molecule has 0 saturated carbocycles. The second-order valence-corrected chi connectivity index (χ2v) is 6.56. The Bertz CT molecular complexity index is 498. The smallest absolute Gasteiger partial charge is 0.0931 e. The van der Waals surface area contributed by atoms with Gasteiger partial charge in [0.2, 0.25) is 0 Å². The van der Waals surface area contributed by atoms with Crippen molar-refractivity contribution < 1.29 is 5.11 Å². The van der Waals surface area contributed by atoms with Crippen molar-refractivity contribution >= 4 is 38.9 Å². The Labute approximate surface area is 118 Å². The van der Waals surface area contributed by atoms with E-state index in [2.05, 4.69) is 22.0 Å². The number of halogens is 2. The van der Waals surface area contributed by atoms with Crippen molar-refractivity contribution in [1.29, 1.82) is 0 Å². The molecule has 0 spiro atoms. The van der Waals surface area contributed by atoms with Gasteiger partial charge in [-0.05, 0) is 36.2 Å². The maximum Gasteiger partial charge on any atom is 0.0931 e. The van der Waals surface area contributed by atoms with Crippen molar-refractivity contribution in [3.63, 3.8) is 0 Å². The van der Waals surface area contributed by atoms with Gasteiger partial charge in [-0.15, -0.1) is 11.3 Å². The Morgan fingerprint density at radius 3 is 2.71 bits per heavy atom. The zero-order chi connectivity index (χ0) is 12.3. The average Bonchev–Trinajstić information content (AvgIpc) is 2.72. The van der Waals surface area contributed by atoms with Crippen molar-refractivity contribution in [2.75, 3.05) is 6.61 Å². The van der Waals surface area contributed by atoms with Crippen LogP contribution in [0.4, 0.5) is 0 Å². The highest BCUT2D eigenvalue weighted by Gasteiger charge is 2.12. The molecule has 1 heterocycles. The summed E-state index contributed by atoms with van der Waals surface area (Å²) in [6, 6.07) is 12.0. The molecule has 1 N–H and O–H groups in total. The molecule has 1 aromatic carbocycles. The lowest BCUT2D eigenvalue weighted by molar-refractivity contribution is 0.265. The van der Waals surface area contributed by atoms with Crippen LogP contribution in [0.1, 0.15) is 16.4 Å². The Morgan fingerprint density at radius 2 is 2.12 bits per heavy atom. The zero-order valence-electron chi connectivity index (χ0n) is 9.07. The van der Waals surface area contributed by atoms with Gasteiger partial charge in [0, 0.05) is 15.3 Å². The molecule has 0 aliphatic carbocycles. The number of thiophene rings is 1. The van der Waals surface area contributed by atoms with Gasteiger partial charge in [-0.25, -0.2) is 0 Å². The van der Waals surface area contributed by atoms with Gasteiger partial charge in [0.05, 0.1) is 10.9 Å². The molecule has 2 aromatic rings. The molecule has 4 heteroatoms. The third-order valence-corrected chi connectivity index (χ3v) is 4.36. The zero-order valence-corrected chi connectivity index (χ0v) is 12.2. The molecule has 0 bridgehead atoms. The Morgan fingerprint density at radius 1 is 1.29 bits per heavy atom. The van der Waals surface area contributed by atoms with Gasteiger partial charge < -0.3 is 5.11 Å². The van der Waals surface area contributed by atoms with Crippen molar-refractivity contribution in [3.05, 3.63) is 55.6 Å². The van der Waals surface area contributed by atoms with Crippen LogP contribution in [0.15, 0.2) is 40.9 Å². The fourth-order valence-electron chi connectivity index (χ4n) is 1.75. The quantitative estimate of drug-likeness (QED) is 0.875. The Kier molecular flexibility index (Phi) is 4.62. The molecule has 2 rings (SSSR count). The molecule has 90 valence electrons. The summed E-state index contributed by atoms with van der Waals surface area (Å²) in [6.45, 7) is 0.145. The lowest BCUT2D eigenvalue weighted by Gasteiger charge is -2.13. The molecule has 1 nitrogen and oxygen atoms in total. The molecule has 0 saturated heterocycles. The number of hydrogen-bond donors (Lipinski definition) is 1. The highest BCUT2D eigenvalue weighted by atomic mass is 79.9. The molecule has 17 heavy (non-hydrogen) atoms. The first-order valence-corrected chi connectivity index (χ1v) is 7.28. The minimum absolute atomic E-state index is 0.127. The number of aliphatic hydroxyl groups is 1. The number of hydrogen-bond acceptors (Lipinski definition) is 2. The molecule has 0 amide bonds. The summed E-state index contributed by atoms with van der Waals surface area (Å²) in [5, 5.41) is 9.49. The first-order valence-electron chi connectivity index (χ1n) is 5.29. The standard InChI is InChI=1S/C13H12BrClOS/c14-11-3-1-2-9(6-11)10(8-16)7-12-4-5-13(15)17-12/h1-6,10,16H,7-8H2. The van der Waals surface area contributed by atoms with Crippen LogP contribution in [0, 0.1) is 0 Å². The molecule has 0 aliphatic rings. The number of aliphatic hydroxyl groups excluding tert-OH is 1. The minimum atomic E-state index is 0.127. The van der Waals surface area contributed by atoms with Gasteiger partial charge >= 0.3 is 0 Å². The van der Waals surface area contributed by atoms with Crippen LogP contribution in [-0.4, -0.2) is 11.7 Å². The van der Waals surface area contributed by atoms with Gasteiger partial charge in [-0.1, -0.05) is 39.7 Å². The van der Waals surface area contributed by atoms with E-state index in [-0.39, 0.29) is 12.5 Å². The van der Waals surface area contributed by atoms with Crippen LogP contribution in [0.5, 0.6) is 0 Å². The first kappa shape index (κ1) is 13.1. The van der Waals surface area contributed by atoms with E-state index in [1.54, 1.807) is 11.3 Å². The van der Waals surface area contributed by atoms with E-state index in [0.717, 1.165) is 20.8 Å². The van der Waals surface area contributed by atoms with Crippen molar-refractivity contribution in [3.8, 4) is 0 Å². The van der Waals surface area contributed by atoms with Crippen LogP contribution in [0.2, 0.25) is 4.34 Å². The van der Waals surface area contributed by atoms with Gasteiger partial charge in [-0.2, -0.15) is 0 Å². The van der Waals surface area contributed by atoms with E-state index in [4.69, 9.17) is 11.6 Å². The molecule has 0 aliphatic heterocycles. The molecular formula is C13H12BrClOS. The van der Waals surface area contributed by atoms with E-state index in [1.165, 1.54) is 4.88 Å². The van der Waals surface area contributed by atoms with Gasteiger partial charge in [0.25, 0.3) is 0 Å². The third kappa shape index (κ3) is 3.55. The molecule has 1 unspecified atom stereocenters. The summed E-state index contributed by atoms with van der Waals surface area (Å²) in [5.74, 6) is 0.127. The van der Waals surface area contributed by atoms with Crippen LogP contribution >= 0.6 is 38.9 Å². The molecule has 0 fully saturated rings. The number of rotatable bonds is 4. The highest BCUT2D eigenvalue weighted by Crippen LogP contribution is 2.28. The molecular weight excluding hydrogens is 320 g/mol. The first-order chi connectivity index (χ1) is 8.19. The van der Waals surface area contributed by atoms with E-state index in [0.29, 0.717) is 0 Å². The number of benzene rings is 1. The molecule has 1 atom stereocenters. The fraction of sp³-hybridized carbons (Fsp3) is 0.231. The average molecular weight is 332 g/mol. The maximum absolute atomic E-state index is 9.49. The lowest BCUT2D eigenvalue weighted by atomic mass is 9.96. The highest BCUT2D eigenvalue weighted by molar-refractivity contribution is 9.10. The third-order valence-electron chi connectivity index (χ3n) is 2.62. The van der Waals surface area contributed by atoms with Crippen LogP contribution in [-0.2, 0) is 6.42 Å². The summed E-state index contributed by atoms with van der Waals surface area (Å²) < 4.78 is 1.84. The van der Waals surface area contributed by atoms with Gasteiger partial charge in [0.1, 0.15) is 0 Å². The summed E-state index contributed by atoms with van der Waals surface area (Å²) in [5.41, 5.74) is 1.14. The van der Waals surface area contributed by atoms with E-state index >= 15 is 0 Å². The predicted octanol–water partition coefficient (Wildman–Crippen LogP) is 4.48. The van der Waals surface area contributed by atoms with Crippen LogP contribution in [0.3, 0.4) is 0 Å². The maximum atomic E-state index is 9.49. The normalized spacial score (nSPS) is 12.6. The molecule has 0 radical (unpaired) electrons. The Hall–Kier alpha value is -0.350. The van der Waals surface area contributed by atoms with Gasteiger partial charge in [-0.3, -0.25) is 0 Å². The van der Waals surface area contributed by atoms with E-state index in [9.17, 15) is 5.11 Å². The van der Waals surface area contributed by atoms with Crippen molar-refractivity contribution in [2.45, 2.75) is 12.3 Å². The van der Waals surface area contributed by atoms with Crippen LogP contribution in [0.25, 0.3) is 0 Å².